The summed E-state index contributed by atoms with van der Waals surface area (Å²) in [7, 11) is 0. The Hall–Kier alpha value is -4.31. The Balaban J connectivity index is 1.22. The number of aryl methyl sites for hydroxylation is 1. The van der Waals surface area contributed by atoms with Gasteiger partial charge in [-0.15, -0.1) is 0 Å². The number of rotatable bonds is 6. The molecule has 1 aliphatic rings. The molecule has 4 aromatic heterocycles. The van der Waals surface area contributed by atoms with Crippen molar-refractivity contribution in [3.8, 4) is 11.5 Å². The third kappa shape index (κ3) is 4.56. The highest BCUT2D eigenvalue weighted by Gasteiger charge is 2.14. The van der Waals surface area contributed by atoms with Crippen LogP contribution in [0.3, 0.4) is 0 Å². The molecule has 0 unspecified atom stereocenters. The number of pyridine rings is 2. The Kier molecular flexibility index (Phi) is 5.55. The van der Waals surface area contributed by atoms with Crippen molar-refractivity contribution >= 4 is 34.0 Å². The second-order valence-electron chi connectivity index (χ2n) is 8.59. The van der Waals surface area contributed by atoms with E-state index < -0.39 is 0 Å². The molecule has 0 bridgehead atoms. The van der Waals surface area contributed by atoms with Crippen molar-refractivity contribution in [3.63, 3.8) is 0 Å². The lowest BCUT2D eigenvalue weighted by molar-refractivity contribution is 0.478. The van der Waals surface area contributed by atoms with Gasteiger partial charge in [0.1, 0.15) is 35.5 Å². The highest BCUT2D eigenvalue weighted by atomic mass is 16.5. The number of fused-ring (bicyclic) bond motifs is 2. The van der Waals surface area contributed by atoms with Crippen molar-refractivity contribution in [1.29, 1.82) is 0 Å². The lowest BCUT2D eigenvalue weighted by Gasteiger charge is -2.24. The molecule has 0 spiro atoms. The van der Waals surface area contributed by atoms with Crippen LogP contribution in [0.2, 0.25) is 0 Å². The van der Waals surface area contributed by atoms with E-state index in [4.69, 9.17) is 9.72 Å². The van der Waals surface area contributed by atoms with Crippen LogP contribution in [0.15, 0.2) is 61.3 Å². The summed E-state index contributed by atoms with van der Waals surface area (Å²) in [5.74, 6) is 2.97. The van der Waals surface area contributed by atoms with Crippen LogP contribution >= 0.6 is 0 Å². The number of piperidine rings is 1. The molecule has 176 valence electrons. The first kappa shape index (κ1) is 21.2. The monoisotopic (exact) mass is 467 g/mol. The van der Waals surface area contributed by atoms with Crippen LogP contribution in [0.1, 0.15) is 18.4 Å². The highest BCUT2D eigenvalue weighted by Crippen LogP contribution is 2.30. The van der Waals surface area contributed by atoms with Crippen molar-refractivity contribution in [1.82, 2.24) is 34.9 Å². The first-order valence-corrected chi connectivity index (χ1v) is 11.7. The van der Waals surface area contributed by atoms with E-state index in [1.165, 1.54) is 6.33 Å². The molecular weight excluding hydrogens is 442 g/mol. The lowest BCUT2D eigenvalue weighted by Crippen LogP contribution is -2.35. The predicted molar refractivity (Wildman–Crippen MR) is 134 cm³/mol. The maximum absolute atomic E-state index is 6.09. The molecule has 0 aliphatic carbocycles. The minimum Gasteiger partial charge on any atom is -0.457 e. The third-order valence-electron chi connectivity index (χ3n) is 6.09. The van der Waals surface area contributed by atoms with Gasteiger partial charge in [-0.2, -0.15) is 5.10 Å². The number of nitrogens with one attached hydrogen (secondary N) is 3. The van der Waals surface area contributed by atoms with Crippen LogP contribution in [-0.2, 0) is 0 Å². The van der Waals surface area contributed by atoms with Crippen LogP contribution in [0.5, 0.6) is 11.5 Å². The minimum atomic E-state index is 0.419. The fraction of sp³-hybridized carbons (Fsp3) is 0.240. The summed E-state index contributed by atoms with van der Waals surface area (Å²) in [5.41, 5.74) is 4.12. The minimum absolute atomic E-state index is 0.419. The maximum Gasteiger partial charge on any atom is 0.160 e. The molecule has 0 amide bonds. The average molecular weight is 468 g/mol. The van der Waals surface area contributed by atoms with Crippen molar-refractivity contribution in [2.24, 2.45) is 0 Å². The van der Waals surface area contributed by atoms with Crippen molar-refractivity contribution in [2.75, 3.05) is 23.7 Å². The third-order valence-corrected chi connectivity index (χ3v) is 6.09. The Bertz CT molecular complexity index is 1490. The number of ether oxygens (including phenoxy) is 1. The molecule has 1 aromatic carbocycles. The topological polar surface area (TPSA) is 114 Å². The van der Waals surface area contributed by atoms with Gasteiger partial charge in [-0.25, -0.2) is 24.5 Å². The van der Waals surface area contributed by atoms with E-state index in [2.05, 4.69) is 36.0 Å². The van der Waals surface area contributed by atoms with Gasteiger partial charge in [0.05, 0.1) is 5.52 Å². The lowest BCUT2D eigenvalue weighted by atomic mass is 10.1. The number of benzene rings is 1. The number of nitrogens with zero attached hydrogens (tertiary/aromatic N) is 6. The van der Waals surface area contributed by atoms with E-state index in [1.54, 1.807) is 10.8 Å². The average Bonchev–Trinajstić information content (AvgIpc) is 3.35. The molecule has 10 nitrogen and oxygen atoms in total. The molecule has 35 heavy (non-hydrogen) atoms. The molecule has 5 heterocycles. The summed E-state index contributed by atoms with van der Waals surface area (Å²) in [4.78, 5) is 17.9. The molecule has 0 radical (unpaired) electrons. The second-order valence-corrected chi connectivity index (χ2v) is 8.59. The largest absolute Gasteiger partial charge is 0.457 e. The molecule has 1 fully saturated rings. The van der Waals surface area contributed by atoms with Gasteiger partial charge in [-0.3, -0.25) is 0 Å². The molecule has 5 aromatic rings. The molecular formula is C25H25N9O. The zero-order valence-corrected chi connectivity index (χ0v) is 19.3. The molecule has 1 saturated heterocycles. The molecule has 6 rings (SSSR count). The summed E-state index contributed by atoms with van der Waals surface area (Å²) in [6, 6.07) is 14.0. The van der Waals surface area contributed by atoms with E-state index >= 15 is 0 Å². The summed E-state index contributed by atoms with van der Waals surface area (Å²) in [6.07, 6.45) is 7.05. The van der Waals surface area contributed by atoms with E-state index in [9.17, 15) is 0 Å². The number of aromatic nitrogens is 6. The van der Waals surface area contributed by atoms with E-state index in [1.807, 2.05) is 55.6 Å². The van der Waals surface area contributed by atoms with Gasteiger partial charge in [0.25, 0.3) is 0 Å². The van der Waals surface area contributed by atoms with Crippen LogP contribution in [-0.4, -0.2) is 48.7 Å². The van der Waals surface area contributed by atoms with Gasteiger partial charge in [0.15, 0.2) is 11.5 Å². The number of hydrogen-bond donors (Lipinski definition) is 3. The van der Waals surface area contributed by atoms with Gasteiger partial charge in [0, 0.05) is 24.0 Å². The van der Waals surface area contributed by atoms with Crippen molar-refractivity contribution in [2.45, 2.75) is 25.8 Å². The van der Waals surface area contributed by atoms with Crippen molar-refractivity contribution in [3.05, 3.63) is 66.9 Å². The second kappa shape index (κ2) is 9.15. The first-order chi connectivity index (χ1) is 17.2. The SMILES string of the molecule is Cc1cc(Nc2ncnc3ccc(NC4CCNCC4)nc23)ccc1Oc1ccn2ncnc2c1. The summed E-state index contributed by atoms with van der Waals surface area (Å²) < 4.78 is 7.78. The van der Waals surface area contributed by atoms with Crippen LogP contribution in [0.25, 0.3) is 16.7 Å². The Morgan fingerprint density at radius 3 is 2.80 bits per heavy atom. The van der Waals surface area contributed by atoms with Gasteiger partial charge in [-0.1, -0.05) is 0 Å². The highest BCUT2D eigenvalue weighted by molar-refractivity contribution is 5.88. The Labute approximate surface area is 201 Å². The first-order valence-electron chi connectivity index (χ1n) is 11.7. The molecule has 10 heteroatoms. The summed E-state index contributed by atoms with van der Waals surface area (Å²) >= 11 is 0. The van der Waals surface area contributed by atoms with Crippen LogP contribution in [0.4, 0.5) is 17.3 Å². The number of anilines is 3. The van der Waals surface area contributed by atoms with Crippen molar-refractivity contribution < 1.29 is 4.74 Å². The molecule has 1 aliphatic heterocycles. The van der Waals surface area contributed by atoms with Crippen LogP contribution in [0, 0.1) is 6.92 Å². The standard InChI is InChI=1S/C25H25N9O/c1-16-12-18(2-4-21(16)35-19-8-11-34-23(13-19)28-15-30-34)32-25-24-20(27-14-29-25)3-5-22(33-24)31-17-6-9-26-10-7-17/h2-5,8,11-15,17,26H,6-7,9-10H2,1H3,(H,31,33)(H,27,29,32). The predicted octanol–water partition coefficient (Wildman–Crippen LogP) is 4.08. The zero-order chi connectivity index (χ0) is 23.6. The number of hydrogen-bond acceptors (Lipinski definition) is 9. The van der Waals surface area contributed by atoms with E-state index in [0.717, 1.165) is 65.4 Å². The van der Waals surface area contributed by atoms with Gasteiger partial charge in [0.2, 0.25) is 0 Å². The Morgan fingerprint density at radius 2 is 1.91 bits per heavy atom. The summed E-state index contributed by atoms with van der Waals surface area (Å²) in [6.45, 7) is 4.05. The fourth-order valence-corrected chi connectivity index (χ4v) is 4.25. The van der Waals surface area contributed by atoms with Gasteiger partial charge < -0.3 is 20.7 Å². The van der Waals surface area contributed by atoms with E-state index in [-0.39, 0.29) is 0 Å². The summed E-state index contributed by atoms with van der Waals surface area (Å²) in [5, 5.41) is 14.5. The zero-order valence-electron chi connectivity index (χ0n) is 19.3. The van der Waals surface area contributed by atoms with Gasteiger partial charge >= 0.3 is 0 Å². The molecule has 0 atom stereocenters. The van der Waals surface area contributed by atoms with Crippen LogP contribution < -0.4 is 20.7 Å². The van der Waals surface area contributed by atoms with E-state index in [0.29, 0.717) is 17.6 Å². The molecule has 0 saturated carbocycles. The molecule has 3 N–H and O–H groups in total. The smallest absolute Gasteiger partial charge is 0.160 e. The maximum atomic E-state index is 6.09. The fourth-order valence-electron chi connectivity index (χ4n) is 4.25. The normalized spacial score (nSPS) is 14.3. The quantitative estimate of drug-likeness (QED) is 0.340. The Morgan fingerprint density at radius 1 is 1.00 bits per heavy atom. The van der Waals surface area contributed by atoms with Gasteiger partial charge in [-0.05, 0) is 74.8 Å².